The predicted molar refractivity (Wildman–Crippen MR) is 87.4 cm³/mol. The first-order valence-corrected chi connectivity index (χ1v) is 7.84. The van der Waals surface area contributed by atoms with Gasteiger partial charge >= 0.3 is 0 Å². The molecule has 5 heteroatoms. The summed E-state index contributed by atoms with van der Waals surface area (Å²) in [5, 5.41) is 2.83. The predicted octanol–water partition coefficient (Wildman–Crippen LogP) is 1.81. The summed E-state index contributed by atoms with van der Waals surface area (Å²) in [6.07, 6.45) is 2.02. The van der Waals surface area contributed by atoms with Gasteiger partial charge in [0.25, 0.3) is 0 Å². The Morgan fingerprint density at radius 2 is 2.05 bits per heavy atom. The van der Waals surface area contributed by atoms with Gasteiger partial charge in [0.15, 0.2) is 0 Å². The van der Waals surface area contributed by atoms with Gasteiger partial charge in [-0.15, -0.1) is 0 Å². The van der Waals surface area contributed by atoms with Crippen LogP contribution in [-0.4, -0.2) is 29.4 Å². The highest BCUT2D eigenvalue weighted by Gasteiger charge is 2.40. The molecule has 1 heterocycles. The van der Waals surface area contributed by atoms with Gasteiger partial charge in [-0.2, -0.15) is 0 Å². The SMILES string of the molecule is CCCC(C)(N)C(=O)NC1CC(C)N(c2ccccc2)C1=O. The van der Waals surface area contributed by atoms with Crippen LogP contribution in [0.25, 0.3) is 0 Å². The van der Waals surface area contributed by atoms with Crippen LogP contribution in [0.15, 0.2) is 30.3 Å². The molecule has 0 aromatic heterocycles. The van der Waals surface area contributed by atoms with Crippen LogP contribution in [0, 0.1) is 0 Å². The highest BCUT2D eigenvalue weighted by molar-refractivity contribution is 6.02. The maximum Gasteiger partial charge on any atom is 0.249 e. The number of nitrogens with two attached hydrogens (primary N) is 1. The fraction of sp³-hybridized carbons (Fsp3) is 0.529. The van der Waals surface area contributed by atoms with Gasteiger partial charge in [0, 0.05) is 11.7 Å². The van der Waals surface area contributed by atoms with Crippen molar-refractivity contribution in [1.82, 2.24) is 5.32 Å². The molecule has 1 fully saturated rings. The number of carbonyl (C=O) groups is 2. The van der Waals surface area contributed by atoms with Gasteiger partial charge in [0.1, 0.15) is 6.04 Å². The molecule has 120 valence electrons. The van der Waals surface area contributed by atoms with E-state index < -0.39 is 11.6 Å². The highest BCUT2D eigenvalue weighted by Crippen LogP contribution is 2.26. The molecule has 22 heavy (non-hydrogen) atoms. The van der Waals surface area contributed by atoms with Crippen LogP contribution in [-0.2, 0) is 9.59 Å². The summed E-state index contributed by atoms with van der Waals surface area (Å²) in [6, 6.07) is 9.08. The average Bonchev–Trinajstić information content (AvgIpc) is 2.74. The molecule has 2 amide bonds. The van der Waals surface area contributed by atoms with Crippen molar-refractivity contribution < 1.29 is 9.59 Å². The number of benzene rings is 1. The van der Waals surface area contributed by atoms with Crippen molar-refractivity contribution in [2.75, 3.05) is 4.90 Å². The number of hydrogen-bond acceptors (Lipinski definition) is 3. The first kappa shape index (κ1) is 16.5. The molecule has 1 aromatic carbocycles. The lowest BCUT2D eigenvalue weighted by Crippen LogP contribution is -2.55. The number of para-hydroxylation sites is 1. The minimum Gasteiger partial charge on any atom is -0.343 e. The number of amides is 2. The molecule has 0 saturated carbocycles. The number of rotatable bonds is 5. The molecule has 3 unspecified atom stereocenters. The van der Waals surface area contributed by atoms with Crippen molar-refractivity contribution in [1.29, 1.82) is 0 Å². The van der Waals surface area contributed by atoms with E-state index in [-0.39, 0.29) is 17.9 Å². The number of anilines is 1. The normalized spacial score (nSPS) is 24.2. The standard InChI is InChI=1S/C17H25N3O2/c1-4-10-17(3,18)16(22)19-14-11-12(2)20(15(14)21)13-8-6-5-7-9-13/h5-9,12,14H,4,10-11,18H2,1-3H3,(H,19,22). The van der Waals surface area contributed by atoms with Gasteiger partial charge in [-0.3, -0.25) is 9.59 Å². The summed E-state index contributed by atoms with van der Waals surface area (Å²) >= 11 is 0. The molecule has 0 radical (unpaired) electrons. The highest BCUT2D eigenvalue weighted by atomic mass is 16.2. The van der Waals surface area contributed by atoms with Gasteiger partial charge in [0.05, 0.1) is 5.54 Å². The second-order valence-corrected chi connectivity index (χ2v) is 6.32. The molecule has 1 aliphatic rings. The summed E-state index contributed by atoms with van der Waals surface area (Å²) in [5.41, 5.74) is 5.97. The van der Waals surface area contributed by atoms with Crippen LogP contribution >= 0.6 is 0 Å². The van der Waals surface area contributed by atoms with E-state index in [0.29, 0.717) is 12.8 Å². The summed E-state index contributed by atoms with van der Waals surface area (Å²) < 4.78 is 0. The lowest BCUT2D eigenvalue weighted by molar-refractivity contribution is -0.130. The lowest BCUT2D eigenvalue weighted by Gasteiger charge is -2.25. The van der Waals surface area contributed by atoms with Crippen molar-refractivity contribution >= 4 is 17.5 Å². The Balaban J connectivity index is 2.09. The van der Waals surface area contributed by atoms with Gasteiger partial charge in [-0.1, -0.05) is 31.5 Å². The minimum atomic E-state index is -0.932. The molecule has 5 nitrogen and oxygen atoms in total. The van der Waals surface area contributed by atoms with Crippen molar-refractivity contribution in [3.63, 3.8) is 0 Å². The molecule has 2 rings (SSSR count). The molecule has 3 N–H and O–H groups in total. The molecular weight excluding hydrogens is 278 g/mol. The van der Waals surface area contributed by atoms with Crippen molar-refractivity contribution in [2.24, 2.45) is 5.73 Å². The largest absolute Gasteiger partial charge is 0.343 e. The monoisotopic (exact) mass is 303 g/mol. The summed E-state index contributed by atoms with van der Waals surface area (Å²) in [4.78, 5) is 26.7. The molecule has 1 aromatic rings. The summed E-state index contributed by atoms with van der Waals surface area (Å²) in [6.45, 7) is 5.69. The molecule has 1 saturated heterocycles. The van der Waals surface area contributed by atoms with Crippen molar-refractivity contribution in [3.8, 4) is 0 Å². The van der Waals surface area contributed by atoms with Crippen molar-refractivity contribution in [3.05, 3.63) is 30.3 Å². The topological polar surface area (TPSA) is 75.4 Å². The Morgan fingerprint density at radius 1 is 1.41 bits per heavy atom. The minimum absolute atomic E-state index is 0.0513. The fourth-order valence-electron chi connectivity index (χ4n) is 2.98. The van der Waals surface area contributed by atoms with E-state index in [1.165, 1.54) is 0 Å². The van der Waals surface area contributed by atoms with Crippen LogP contribution in [0.1, 0.15) is 40.0 Å². The van der Waals surface area contributed by atoms with Gasteiger partial charge in [0.2, 0.25) is 11.8 Å². The molecule has 3 atom stereocenters. The van der Waals surface area contributed by atoms with E-state index in [4.69, 9.17) is 5.73 Å². The van der Waals surface area contributed by atoms with Crippen LogP contribution in [0.4, 0.5) is 5.69 Å². The lowest BCUT2D eigenvalue weighted by atomic mass is 9.96. The van der Waals surface area contributed by atoms with E-state index in [2.05, 4.69) is 5.32 Å². The zero-order valence-electron chi connectivity index (χ0n) is 13.5. The average molecular weight is 303 g/mol. The van der Waals surface area contributed by atoms with E-state index in [1.54, 1.807) is 11.8 Å². The molecule has 1 aliphatic heterocycles. The number of nitrogens with one attached hydrogen (secondary N) is 1. The van der Waals surface area contributed by atoms with Crippen LogP contribution < -0.4 is 16.0 Å². The Morgan fingerprint density at radius 3 is 2.64 bits per heavy atom. The van der Waals surface area contributed by atoms with E-state index in [9.17, 15) is 9.59 Å². The van der Waals surface area contributed by atoms with Crippen LogP contribution in [0.2, 0.25) is 0 Å². The summed E-state index contributed by atoms with van der Waals surface area (Å²) in [7, 11) is 0. The third kappa shape index (κ3) is 3.30. The smallest absolute Gasteiger partial charge is 0.249 e. The molecule has 0 bridgehead atoms. The molecular formula is C17H25N3O2. The van der Waals surface area contributed by atoms with E-state index in [1.807, 2.05) is 44.2 Å². The zero-order chi connectivity index (χ0) is 16.3. The second-order valence-electron chi connectivity index (χ2n) is 6.32. The third-order valence-electron chi connectivity index (χ3n) is 4.18. The van der Waals surface area contributed by atoms with Gasteiger partial charge < -0.3 is 16.0 Å². The number of nitrogens with zero attached hydrogens (tertiary/aromatic N) is 1. The number of hydrogen-bond donors (Lipinski definition) is 2. The first-order chi connectivity index (χ1) is 10.4. The maximum absolute atomic E-state index is 12.6. The van der Waals surface area contributed by atoms with Crippen LogP contribution in [0.3, 0.4) is 0 Å². The van der Waals surface area contributed by atoms with E-state index >= 15 is 0 Å². The maximum atomic E-state index is 12.6. The fourth-order valence-corrected chi connectivity index (χ4v) is 2.98. The Kier molecular flexibility index (Phi) is 4.86. The molecule has 0 aliphatic carbocycles. The Labute approximate surface area is 131 Å². The van der Waals surface area contributed by atoms with Crippen LogP contribution in [0.5, 0.6) is 0 Å². The van der Waals surface area contributed by atoms with E-state index in [0.717, 1.165) is 12.1 Å². The summed E-state index contributed by atoms with van der Waals surface area (Å²) in [5.74, 6) is -0.325. The second kappa shape index (κ2) is 6.48. The zero-order valence-corrected chi connectivity index (χ0v) is 13.5. The number of carbonyl (C=O) groups excluding carboxylic acids is 2. The Bertz CT molecular complexity index is 542. The first-order valence-electron chi connectivity index (χ1n) is 7.84. The quantitative estimate of drug-likeness (QED) is 0.871. The molecule has 0 spiro atoms. The Hall–Kier alpha value is -1.88. The van der Waals surface area contributed by atoms with Gasteiger partial charge in [-0.05, 0) is 38.8 Å². The van der Waals surface area contributed by atoms with Crippen molar-refractivity contribution in [2.45, 2.75) is 57.7 Å². The third-order valence-corrected chi connectivity index (χ3v) is 4.18. The van der Waals surface area contributed by atoms with Gasteiger partial charge in [-0.25, -0.2) is 0 Å².